The molecule has 6 heteroatoms. The Morgan fingerprint density at radius 1 is 1.52 bits per heavy atom. The molecule has 1 aromatic carbocycles. The molecule has 0 bridgehead atoms. The smallest absolute Gasteiger partial charge is 0.410 e. The van der Waals surface area contributed by atoms with Crippen molar-refractivity contribution in [3.05, 3.63) is 34.1 Å². The average molecular weight is 388 g/mol. The lowest BCUT2D eigenvalue weighted by Gasteiger charge is -2.25. The van der Waals surface area contributed by atoms with Crippen LogP contribution in [0.2, 0.25) is 0 Å². The van der Waals surface area contributed by atoms with Gasteiger partial charge in [0.25, 0.3) is 0 Å². The Morgan fingerprint density at radius 3 is 2.83 bits per heavy atom. The van der Waals surface area contributed by atoms with Gasteiger partial charge in [-0.05, 0) is 51.3 Å². The van der Waals surface area contributed by atoms with Crippen LogP contribution in [0, 0.1) is 11.7 Å². The second kappa shape index (κ2) is 7.18. The third kappa shape index (κ3) is 5.18. The Kier molecular flexibility index (Phi) is 5.68. The van der Waals surface area contributed by atoms with Gasteiger partial charge in [0.05, 0.1) is 6.10 Å². The third-order valence-electron chi connectivity index (χ3n) is 3.86. The number of rotatable bonds is 3. The number of carbonyl (C=O) groups excluding carboxylic acids is 1. The molecular weight excluding hydrogens is 365 g/mol. The maximum atomic E-state index is 13.1. The lowest BCUT2D eigenvalue weighted by molar-refractivity contribution is 0.0269. The van der Waals surface area contributed by atoms with Crippen LogP contribution in [0.5, 0.6) is 0 Å². The minimum absolute atomic E-state index is 0.000489. The first kappa shape index (κ1) is 18.2. The van der Waals surface area contributed by atoms with E-state index in [1.54, 1.807) is 11.0 Å². The van der Waals surface area contributed by atoms with Crippen molar-refractivity contribution in [3.63, 3.8) is 0 Å². The predicted octanol–water partition coefficient (Wildman–Crippen LogP) is 3.75. The number of carbonyl (C=O) groups is 1. The number of halogens is 2. The van der Waals surface area contributed by atoms with Gasteiger partial charge >= 0.3 is 6.09 Å². The zero-order valence-electron chi connectivity index (χ0n) is 13.7. The molecular formula is C17H23BrFNO3. The molecule has 1 fully saturated rings. The first-order valence-electron chi connectivity index (χ1n) is 7.75. The fourth-order valence-electron chi connectivity index (χ4n) is 2.67. The molecule has 1 amide bonds. The number of likely N-dealkylation sites (tertiary alicyclic amines) is 1. The average Bonchev–Trinajstić information content (AvgIpc) is 2.90. The molecule has 1 saturated heterocycles. The highest BCUT2D eigenvalue weighted by Crippen LogP contribution is 2.26. The molecule has 0 spiro atoms. The molecule has 4 nitrogen and oxygen atoms in total. The molecule has 1 N–H and O–H groups in total. The van der Waals surface area contributed by atoms with Crippen LogP contribution in [0.1, 0.15) is 32.8 Å². The maximum absolute atomic E-state index is 13.1. The third-order valence-corrected chi connectivity index (χ3v) is 4.60. The number of nitrogens with zero attached hydrogens (tertiary/aromatic N) is 1. The summed E-state index contributed by atoms with van der Waals surface area (Å²) in [7, 11) is 0. The molecule has 2 unspecified atom stereocenters. The summed E-state index contributed by atoms with van der Waals surface area (Å²) in [6, 6.07) is 4.45. The van der Waals surface area contributed by atoms with E-state index in [0.717, 1.165) is 12.0 Å². The van der Waals surface area contributed by atoms with Gasteiger partial charge in [0.1, 0.15) is 11.4 Å². The lowest BCUT2D eigenvalue weighted by Crippen LogP contribution is -2.36. The number of hydrogen-bond acceptors (Lipinski definition) is 3. The van der Waals surface area contributed by atoms with Crippen LogP contribution >= 0.6 is 15.9 Å². The van der Waals surface area contributed by atoms with Gasteiger partial charge in [-0.25, -0.2) is 9.18 Å². The highest BCUT2D eigenvalue weighted by Gasteiger charge is 2.33. The topological polar surface area (TPSA) is 49.8 Å². The number of hydrogen-bond donors (Lipinski definition) is 1. The van der Waals surface area contributed by atoms with Gasteiger partial charge in [-0.15, -0.1) is 0 Å². The minimum atomic E-state index is -0.579. The lowest BCUT2D eigenvalue weighted by atomic mass is 9.95. The molecule has 128 valence electrons. The van der Waals surface area contributed by atoms with Crippen LogP contribution in [0.4, 0.5) is 9.18 Å². The van der Waals surface area contributed by atoms with Crippen LogP contribution in [-0.4, -0.2) is 40.9 Å². The summed E-state index contributed by atoms with van der Waals surface area (Å²) in [6.07, 6.45) is 0.242. The summed E-state index contributed by atoms with van der Waals surface area (Å²) in [5, 5.41) is 10.4. The van der Waals surface area contributed by atoms with E-state index in [1.807, 2.05) is 20.8 Å². The van der Waals surface area contributed by atoms with E-state index in [0.29, 0.717) is 24.0 Å². The fourth-order valence-corrected chi connectivity index (χ4v) is 3.19. The molecule has 2 rings (SSSR count). The fraction of sp³-hybridized carbons (Fsp3) is 0.588. The Labute approximate surface area is 144 Å². The summed E-state index contributed by atoms with van der Waals surface area (Å²) in [5.41, 5.74) is 0.335. The Bertz CT molecular complexity index is 573. The Hall–Kier alpha value is -1.14. The first-order valence-corrected chi connectivity index (χ1v) is 8.55. The monoisotopic (exact) mass is 387 g/mol. The summed E-state index contributed by atoms with van der Waals surface area (Å²) >= 11 is 3.32. The van der Waals surface area contributed by atoms with Crippen molar-refractivity contribution in [3.8, 4) is 0 Å². The van der Waals surface area contributed by atoms with E-state index < -0.39 is 11.7 Å². The van der Waals surface area contributed by atoms with Crippen molar-refractivity contribution >= 4 is 22.0 Å². The Balaban J connectivity index is 1.92. The maximum Gasteiger partial charge on any atom is 0.410 e. The number of aliphatic hydroxyl groups is 1. The van der Waals surface area contributed by atoms with Gasteiger partial charge < -0.3 is 14.7 Å². The van der Waals surface area contributed by atoms with Crippen molar-refractivity contribution in [2.45, 2.75) is 45.3 Å². The second-order valence-corrected chi connectivity index (χ2v) is 7.84. The molecule has 0 radical (unpaired) electrons. The van der Waals surface area contributed by atoms with Crippen molar-refractivity contribution in [2.75, 3.05) is 13.1 Å². The highest BCUT2D eigenvalue weighted by molar-refractivity contribution is 9.10. The van der Waals surface area contributed by atoms with Gasteiger partial charge in [0, 0.05) is 23.5 Å². The van der Waals surface area contributed by atoms with Gasteiger partial charge in [0.15, 0.2) is 0 Å². The molecule has 1 aliphatic rings. The zero-order chi connectivity index (χ0) is 17.2. The van der Waals surface area contributed by atoms with E-state index in [1.165, 1.54) is 12.1 Å². The summed E-state index contributed by atoms with van der Waals surface area (Å²) in [6.45, 7) is 6.56. The minimum Gasteiger partial charge on any atom is -0.444 e. The summed E-state index contributed by atoms with van der Waals surface area (Å²) < 4.78 is 19.1. The zero-order valence-corrected chi connectivity index (χ0v) is 15.3. The molecule has 0 aliphatic carbocycles. The molecule has 1 heterocycles. The highest BCUT2D eigenvalue weighted by atomic mass is 79.9. The normalized spacial score (nSPS) is 19.7. The van der Waals surface area contributed by atoms with E-state index in [9.17, 15) is 14.3 Å². The van der Waals surface area contributed by atoms with Crippen LogP contribution in [0.15, 0.2) is 22.7 Å². The molecule has 0 aromatic heterocycles. The summed E-state index contributed by atoms with van der Waals surface area (Å²) in [4.78, 5) is 13.7. The Morgan fingerprint density at radius 2 is 2.22 bits per heavy atom. The van der Waals surface area contributed by atoms with Crippen molar-refractivity contribution in [2.24, 2.45) is 5.92 Å². The summed E-state index contributed by atoms with van der Waals surface area (Å²) in [5.74, 6) is -0.313. The number of benzene rings is 1. The van der Waals surface area contributed by atoms with E-state index in [4.69, 9.17) is 4.74 Å². The SMILES string of the molecule is CC(C)(C)OC(=O)N1CCC(C(O)Cc2ccc(F)cc2Br)C1. The predicted molar refractivity (Wildman–Crippen MR) is 89.7 cm³/mol. The quantitative estimate of drug-likeness (QED) is 0.858. The van der Waals surface area contributed by atoms with E-state index >= 15 is 0 Å². The van der Waals surface area contributed by atoms with Crippen molar-refractivity contribution < 1.29 is 19.0 Å². The van der Waals surface area contributed by atoms with Gasteiger partial charge in [-0.1, -0.05) is 22.0 Å². The van der Waals surface area contributed by atoms with Gasteiger partial charge in [-0.2, -0.15) is 0 Å². The number of amides is 1. The van der Waals surface area contributed by atoms with Crippen molar-refractivity contribution in [1.29, 1.82) is 0 Å². The van der Waals surface area contributed by atoms with E-state index in [-0.39, 0.29) is 17.8 Å². The molecule has 1 aliphatic heterocycles. The van der Waals surface area contributed by atoms with Crippen LogP contribution in [0.25, 0.3) is 0 Å². The van der Waals surface area contributed by atoms with Crippen LogP contribution in [0.3, 0.4) is 0 Å². The standard InChI is InChI=1S/C17H23BrFNO3/c1-17(2,3)23-16(22)20-7-6-12(10-20)15(21)8-11-4-5-13(19)9-14(11)18/h4-5,9,12,15,21H,6-8,10H2,1-3H3. The van der Waals surface area contributed by atoms with Crippen LogP contribution in [-0.2, 0) is 11.2 Å². The van der Waals surface area contributed by atoms with Crippen molar-refractivity contribution in [1.82, 2.24) is 4.90 Å². The molecule has 23 heavy (non-hydrogen) atoms. The van der Waals surface area contributed by atoms with Crippen LogP contribution < -0.4 is 0 Å². The van der Waals surface area contributed by atoms with E-state index in [2.05, 4.69) is 15.9 Å². The van der Waals surface area contributed by atoms with Gasteiger partial charge in [0.2, 0.25) is 0 Å². The largest absolute Gasteiger partial charge is 0.444 e. The molecule has 1 aromatic rings. The number of ether oxygens (including phenoxy) is 1. The molecule has 0 saturated carbocycles. The van der Waals surface area contributed by atoms with Gasteiger partial charge in [-0.3, -0.25) is 0 Å². The molecule has 2 atom stereocenters. The first-order chi connectivity index (χ1) is 10.7. The second-order valence-electron chi connectivity index (χ2n) is 6.98. The number of aliphatic hydroxyl groups excluding tert-OH is 1.